The number of hydrogen-bond donors (Lipinski definition) is 2. The van der Waals surface area contributed by atoms with Gasteiger partial charge in [-0.05, 0) is 45.4 Å². The zero-order chi connectivity index (χ0) is 11.6. The minimum atomic E-state index is 0.127. The summed E-state index contributed by atoms with van der Waals surface area (Å²) in [4.78, 5) is 4.61. The SMILES string of the molecule is CC(C)(NC(N)=NC1CCCCC1)C1CC1. The van der Waals surface area contributed by atoms with Crippen LogP contribution in [0.2, 0.25) is 0 Å². The molecule has 2 saturated carbocycles. The second-order valence-electron chi connectivity index (χ2n) is 5.93. The van der Waals surface area contributed by atoms with Crippen LogP contribution in [-0.2, 0) is 0 Å². The van der Waals surface area contributed by atoms with Gasteiger partial charge in [0.1, 0.15) is 0 Å². The molecule has 0 heterocycles. The van der Waals surface area contributed by atoms with Crippen molar-refractivity contribution in [2.75, 3.05) is 0 Å². The highest BCUT2D eigenvalue weighted by Gasteiger charge is 2.38. The fourth-order valence-electron chi connectivity index (χ4n) is 2.68. The quantitative estimate of drug-likeness (QED) is 0.570. The molecular weight excluding hydrogens is 198 g/mol. The van der Waals surface area contributed by atoms with Crippen LogP contribution in [0.3, 0.4) is 0 Å². The van der Waals surface area contributed by atoms with Crippen LogP contribution in [-0.4, -0.2) is 17.5 Å². The van der Waals surface area contributed by atoms with E-state index in [-0.39, 0.29) is 5.54 Å². The summed E-state index contributed by atoms with van der Waals surface area (Å²) in [6, 6.07) is 0.469. The fourth-order valence-corrected chi connectivity index (χ4v) is 2.68. The molecule has 0 saturated heterocycles. The molecule has 0 spiro atoms. The number of rotatable bonds is 3. The lowest BCUT2D eigenvalue weighted by Gasteiger charge is -2.28. The highest BCUT2D eigenvalue weighted by Crippen LogP contribution is 2.39. The molecule has 0 bridgehead atoms. The summed E-state index contributed by atoms with van der Waals surface area (Å²) in [6.45, 7) is 4.46. The number of guanidine groups is 1. The van der Waals surface area contributed by atoms with Crippen molar-refractivity contribution >= 4 is 5.96 Å². The Labute approximate surface area is 98.9 Å². The van der Waals surface area contributed by atoms with Crippen LogP contribution in [0.5, 0.6) is 0 Å². The second kappa shape index (κ2) is 4.64. The highest BCUT2D eigenvalue weighted by atomic mass is 15.1. The maximum atomic E-state index is 6.00. The van der Waals surface area contributed by atoms with Gasteiger partial charge < -0.3 is 11.1 Å². The fraction of sp³-hybridized carbons (Fsp3) is 0.923. The Morgan fingerprint density at radius 1 is 1.12 bits per heavy atom. The molecule has 0 aromatic heterocycles. The van der Waals surface area contributed by atoms with Crippen LogP contribution in [0.25, 0.3) is 0 Å². The van der Waals surface area contributed by atoms with Gasteiger partial charge in [0, 0.05) is 5.54 Å². The van der Waals surface area contributed by atoms with Gasteiger partial charge in [0.25, 0.3) is 0 Å². The van der Waals surface area contributed by atoms with Crippen molar-refractivity contribution in [1.82, 2.24) is 5.32 Å². The highest BCUT2D eigenvalue weighted by molar-refractivity contribution is 5.78. The van der Waals surface area contributed by atoms with Gasteiger partial charge in [-0.2, -0.15) is 0 Å². The molecule has 3 heteroatoms. The van der Waals surface area contributed by atoms with Crippen molar-refractivity contribution in [2.45, 2.75) is 70.4 Å². The standard InChI is InChI=1S/C13H25N3/c1-13(2,10-8-9-10)16-12(14)15-11-6-4-3-5-7-11/h10-11H,3-9H2,1-2H3,(H3,14,15,16). The van der Waals surface area contributed by atoms with E-state index < -0.39 is 0 Å². The molecule has 2 aliphatic carbocycles. The van der Waals surface area contributed by atoms with Crippen molar-refractivity contribution in [2.24, 2.45) is 16.6 Å². The summed E-state index contributed by atoms with van der Waals surface area (Å²) in [6.07, 6.45) is 9.08. The van der Waals surface area contributed by atoms with Gasteiger partial charge in [-0.25, -0.2) is 0 Å². The maximum Gasteiger partial charge on any atom is 0.189 e. The third kappa shape index (κ3) is 3.13. The Morgan fingerprint density at radius 3 is 2.31 bits per heavy atom. The first kappa shape index (κ1) is 11.7. The molecule has 0 aliphatic heterocycles. The molecule has 3 nitrogen and oxygen atoms in total. The lowest BCUT2D eigenvalue weighted by Crippen LogP contribution is -2.49. The first-order chi connectivity index (χ1) is 7.58. The van der Waals surface area contributed by atoms with Crippen molar-refractivity contribution < 1.29 is 0 Å². The molecule has 2 rings (SSSR count). The second-order valence-corrected chi connectivity index (χ2v) is 5.93. The Hall–Kier alpha value is -0.730. The molecule has 2 fully saturated rings. The summed E-state index contributed by atoms with van der Waals surface area (Å²) in [5.74, 6) is 1.44. The lowest BCUT2D eigenvalue weighted by atomic mass is 9.96. The largest absolute Gasteiger partial charge is 0.370 e. The molecule has 3 N–H and O–H groups in total. The van der Waals surface area contributed by atoms with E-state index in [1.54, 1.807) is 0 Å². The predicted molar refractivity (Wildman–Crippen MR) is 68.4 cm³/mol. The van der Waals surface area contributed by atoms with E-state index in [4.69, 9.17) is 5.73 Å². The van der Waals surface area contributed by atoms with E-state index >= 15 is 0 Å². The van der Waals surface area contributed by atoms with Crippen LogP contribution in [0.1, 0.15) is 58.8 Å². The first-order valence-electron chi connectivity index (χ1n) is 6.69. The summed E-state index contributed by atoms with van der Waals surface area (Å²) < 4.78 is 0. The topological polar surface area (TPSA) is 50.4 Å². The third-order valence-corrected chi connectivity index (χ3v) is 3.94. The molecule has 0 atom stereocenters. The Morgan fingerprint density at radius 2 is 1.75 bits per heavy atom. The van der Waals surface area contributed by atoms with Gasteiger partial charge in [0.2, 0.25) is 0 Å². The van der Waals surface area contributed by atoms with Crippen LogP contribution >= 0.6 is 0 Å². The predicted octanol–water partition coefficient (Wildman–Crippen LogP) is 2.41. The molecule has 0 amide bonds. The summed E-state index contributed by atoms with van der Waals surface area (Å²) >= 11 is 0. The van der Waals surface area contributed by atoms with E-state index in [0.717, 1.165) is 5.92 Å². The van der Waals surface area contributed by atoms with E-state index in [0.29, 0.717) is 12.0 Å². The summed E-state index contributed by atoms with van der Waals surface area (Å²) in [5.41, 5.74) is 6.12. The zero-order valence-corrected chi connectivity index (χ0v) is 10.6. The van der Waals surface area contributed by atoms with Crippen molar-refractivity contribution in [3.05, 3.63) is 0 Å². The smallest absolute Gasteiger partial charge is 0.189 e. The Bertz CT molecular complexity index is 260. The van der Waals surface area contributed by atoms with Crippen LogP contribution < -0.4 is 11.1 Å². The lowest BCUT2D eigenvalue weighted by molar-refractivity contribution is 0.394. The van der Waals surface area contributed by atoms with Crippen LogP contribution in [0.4, 0.5) is 0 Å². The number of hydrogen-bond acceptors (Lipinski definition) is 1. The average Bonchev–Trinajstić information content (AvgIpc) is 3.01. The van der Waals surface area contributed by atoms with Crippen molar-refractivity contribution in [3.8, 4) is 0 Å². The molecule has 16 heavy (non-hydrogen) atoms. The van der Waals surface area contributed by atoms with Crippen molar-refractivity contribution in [1.29, 1.82) is 0 Å². The van der Waals surface area contributed by atoms with Crippen LogP contribution in [0, 0.1) is 5.92 Å². The molecule has 0 radical (unpaired) electrons. The number of nitrogens with one attached hydrogen (secondary N) is 1. The van der Waals surface area contributed by atoms with E-state index in [1.807, 2.05) is 0 Å². The molecule has 0 aromatic carbocycles. The molecule has 92 valence electrons. The van der Waals surface area contributed by atoms with Gasteiger partial charge in [-0.3, -0.25) is 4.99 Å². The minimum Gasteiger partial charge on any atom is -0.370 e. The van der Waals surface area contributed by atoms with E-state index in [9.17, 15) is 0 Å². The molecule has 0 unspecified atom stereocenters. The Kier molecular flexibility index (Phi) is 3.41. The molecule has 0 aromatic rings. The summed E-state index contributed by atoms with van der Waals surface area (Å²) in [7, 11) is 0. The summed E-state index contributed by atoms with van der Waals surface area (Å²) in [5, 5.41) is 3.39. The first-order valence-corrected chi connectivity index (χ1v) is 6.69. The van der Waals surface area contributed by atoms with Gasteiger partial charge in [0.15, 0.2) is 5.96 Å². The van der Waals surface area contributed by atoms with Gasteiger partial charge in [-0.1, -0.05) is 19.3 Å². The van der Waals surface area contributed by atoms with E-state index in [1.165, 1.54) is 44.9 Å². The van der Waals surface area contributed by atoms with E-state index in [2.05, 4.69) is 24.2 Å². The average molecular weight is 223 g/mol. The number of nitrogens with two attached hydrogens (primary N) is 1. The van der Waals surface area contributed by atoms with Gasteiger partial charge in [-0.15, -0.1) is 0 Å². The Balaban J connectivity index is 1.85. The maximum absolute atomic E-state index is 6.00. The normalized spacial score (nSPS) is 24.5. The number of nitrogens with zero attached hydrogens (tertiary/aromatic N) is 1. The van der Waals surface area contributed by atoms with Gasteiger partial charge >= 0.3 is 0 Å². The van der Waals surface area contributed by atoms with Crippen molar-refractivity contribution in [3.63, 3.8) is 0 Å². The molecule has 2 aliphatic rings. The van der Waals surface area contributed by atoms with Gasteiger partial charge in [0.05, 0.1) is 6.04 Å². The monoisotopic (exact) mass is 223 g/mol. The van der Waals surface area contributed by atoms with Crippen LogP contribution in [0.15, 0.2) is 4.99 Å². The number of aliphatic imine (C=N–C) groups is 1. The molecular formula is C13H25N3. The third-order valence-electron chi connectivity index (χ3n) is 3.94. The zero-order valence-electron chi connectivity index (χ0n) is 10.6. The minimum absolute atomic E-state index is 0.127.